The fourth-order valence-electron chi connectivity index (χ4n) is 6.12. The molecular weight excluding hydrogens is 312 g/mol. The minimum atomic E-state index is -0.132. The van der Waals surface area contributed by atoms with Crippen molar-refractivity contribution in [2.24, 2.45) is 17.3 Å². The third kappa shape index (κ3) is 2.54. The van der Waals surface area contributed by atoms with Crippen LogP contribution in [0.25, 0.3) is 0 Å². The van der Waals surface area contributed by atoms with Gasteiger partial charge in [-0.15, -0.1) is 0 Å². The topological polar surface area (TPSA) is 46.5 Å². The van der Waals surface area contributed by atoms with Crippen molar-refractivity contribution in [3.05, 3.63) is 28.8 Å². The van der Waals surface area contributed by atoms with Crippen molar-refractivity contribution < 1.29 is 14.6 Å². The van der Waals surface area contributed by atoms with Crippen LogP contribution in [0.2, 0.25) is 0 Å². The molecule has 25 heavy (non-hydrogen) atoms. The molecule has 0 heterocycles. The molecule has 3 unspecified atom stereocenters. The van der Waals surface area contributed by atoms with E-state index in [1.54, 1.807) is 6.92 Å². The minimum absolute atomic E-state index is 0.0882. The molecule has 1 aromatic rings. The normalized spacial score (nSPS) is 36.3. The van der Waals surface area contributed by atoms with Crippen LogP contribution < -0.4 is 4.74 Å². The summed E-state index contributed by atoms with van der Waals surface area (Å²) in [5, 5.41) is 10.5. The number of benzene rings is 1. The summed E-state index contributed by atoms with van der Waals surface area (Å²) in [6, 6.07) is 4.26. The molecule has 3 aliphatic rings. The summed E-state index contributed by atoms with van der Waals surface area (Å²) in [6.45, 7) is 6.49. The van der Waals surface area contributed by atoms with Gasteiger partial charge in [0.15, 0.2) is 5.78 Å². The van der Waals surface area contributed by atoms with E-state index < -0.39 is 0 Å². The first-order chi connectivity index (χ1) is 12.0. The number of Topliss-reactive ketones (excluding diaryl/α,β-unsaturated/α-hetero) is 1. The van der Waals surface area contributed by atoms with E-state index in [4.69, 9.17) is 4.74 Å². The maximum Gasteiger partial charge on any atom is 0.163 e. The number of hydrogen-bond acceptors (Lipinski definition) is 3. The van der Waals surface area contributed by atoms with Gasteiger partial charge in [0.05, 0.1) is 18.3 Å². The third-order valence-electron chi connectivity index (χ3n) is 7.45. The molecule has 0 radical (unpaired) electrons. The summed E-state index contributed by atoms with van der Waals surface area (Å²) in [5.41, 5.74) is 3.60. The summed E-state index contributed by atoms with van der Waals surface area (Å²) in [6.07, 6.45) is 6.49. The van der Waals surface area contributed by atoms with E-state index in [-0.39, 0.29) is 17.3 Å². The van der Waals surface area contributed by atoms with E-state index in [9.17, 15) is 9.90 Å². The minimum Gasteiger partial charge on any atom is -0.493 e. The Morgan fingerprint density at radius 1 is 1.28 bits per heavy atom. The van der Waals surface area contributed by atoms with Crippen LogP contribution in [-0.4, -0.2) is 23.6 Å². The molecular formula is C22H30O3. The number of aryl methyl sites for hydroxylation is 1. The SMILES string of the molecule is CCOc1cc2c(cc1C(C)=O)C1CC[C@@]3(C)C(CC[C@@H]3O)C1CC2. The predicted octanol–water partition coefficient (Wildman–Crippen LogP) is 4.50. The maximum absolute atomic E-state index is 12.2. The molecule has 0 amide bonds. The van der Waals surface area contributed by atoms with E-state index in [0.717, 1.165) is 43.4 Å². The highest BCUT2D eigenvalue weighted by atomic mass is 16.5. The molecule has 1 aromatic carbocycles. The first kappa shape index (κ1) is 17.1. The zero-order valence-corrected chi connectivity index (χ0v) is 15.7. The van der Waals surface area contributed by atoms with Gasteiger partial charge in [0.2, 0.25) is 0 Å². The van der Waals surface area contributed by atoms with Crippen LogP contribution in [0, 0.1) is 17.3 Å². The van der Waals surface area contributed by atoms with Gasteiger partial charge in [-0.05, 0) is 98.8 Å². The Morgan fingerprint density at radius 2 is 2.08 bits per heavy atom. The zero-order chi connectivity index (χ0) is 17.8. The number of ketones is 1. The van der Waals surface area contributed by atoms with Crippen molar-refractivity contribution in [2.45, 2.75) is 71.3 Å². The molecule has 5 atom stereocenters. The van der Waals surface area contributed by atoms with Gasteiger partial charge in [0, 0.05) is 0 Å². The number of fused-ring (bicyclic) bond motifs is 5. The van der Waals surface area contributed by atoms with Gasteiger partial charge in [-0.25, -0.2) is 0 Å². The van der Waals surface area contributed by atoms with Crippen LogP contribution in [0.5, 0.6) is 5.75 Å². The second-order valence-electron chi connectivity index (χ2n) is 8.59. The number of rotatable bonds is 3. The lowest BCUT2D eigenvalue weighted by molar-refractivity contribution is -0.0226. The molecule has 3 nitrogen and oxygen atoms in total. The third-order valence-corrected chi connectivity index (χ3v) is 7.45. The number of ether oxygens (including phenoxy) is 1. The van der Waals surface area contributed by atoms with Gasteiger partial charge in [-0.2, -0.15) is 0 Å². The average Bonchev–Trinajstić information content (AvgIpc) is 2.89. The van der Waals surface area contributed by atoms with E-state index in [1.807, 2.05) is 6.92 Å². The Morgan fingerprint density at radius 3 is 2.80 bits per heavy atom. The summed E-state index contributed by atoms with van der Waals surface area (Å²) >= 11 is 0. The highest BCUT2D eigenvalue weighted by Crippen LogP contribution is 2.61. The molecule has 3 aliphatic carbocycles. The lowest BCUT2D eigenvalue weighted by Gasteiger charge is -2.50. The molecule has 0 bridgehead atoms. The monoisotopic (exact) mass is 342 g/mol. The first-order valence-electron chi connectivity index (χ1n) is 9.94. The summed E-state index contributed by atoms with van der Waals surface area (Å²) < 4.78 is 5.75. The van der Waals surface area contributed by atoms with E-state index in [0.29, 0.717) is 24.4 Å². The molecule has 0 aromatic heterocycles. The lowest BCUT2D eigenvalue weighted by Crippen LogP contribution is -2.44. The van der Waals surface area contributed by atoms with Crippen molar-refractivity contribution in [3.63, 3.8) is 0 Å². The smallest absolute Gasteiger partial charge is 0.163 e. The Kier molecular flexibility index (Phi) is 4.18. The first-order valence-corrected chi connectivity index (χ1v) is 9.94. The molecule has 2 saturated carbocycles. The van der Waals surface area contributed by atoms with E-state index in [2.05, 4.69) is 19.1 Å². The predicted molar refractivity (Wildman–Crippen MR) is 98.2 cm³/mol. The molecule has 0 aliphatic heterocycles. The summed E-state index contributed by atoms with van der Waals surface area (Å²) in [5.74, 6) is 2.67. The largest absolute Gasteiger partial charge is 0.493 e. The average molecular weight is 342 g/mol. The van der Waals surface area contributed by atoms with Gasteiger partial charge in [0.25, 0.3) is 0 Å². The van der Waals surface area contributed by atoms with Crippen molar-refractivity contribution >= 4 is 5.78 Å². The fourth-order valence-corrected chi connectivity index (χ4v) is 6.12. The summed E-state index contributed by atoms with van der Waals surface area (Å²) in [7, 11) is 0. The number of aliphatic hydroxyl groups is 1. The van der Waals surface area contributed by atoms with E-state index in [1.165, 1.54) is 17.5 Å². The maximum atomic E-state index is 12.2. The van der Waals surface area contributed by atoms with Crippen molar-refractivity contribution in [2.75, 3.05) is 6.61 Å². The number of hydrogen-bond donors (Lipinski definition) is 1. The van der Waals surface area contributed by atoms with Crippen LogP contribution in [0.4, 0.5) is 0 Å². The lowest BCUT2D eigenvalue weighted by atomic mass is 9.55. The number of aliphatic hydroxyl groups excluding tert-OH is 1. The van der Waals surface area contributed by atoms with Gasteiger partial charge >= 0.3 is 0 Å². The van der Waals surface area contributed by atoms with Gasteiger partial charge in [-0.1, -0.05) is 6.92 Å². The molecule has 0 spiro atoms. The molecule has 0 saturated heterocycles. The molecule has 4 rings (SSSR count). The van der Waals surface area contributed by atoms with E-state index >= 15 is 0 Å². The Balaban J connectivity index is 1.73. The zero-order valence-electron chi connectivity index (χ0n) is 15.7. The van der Waals surface area contributed by atoms with Crippen LogP contribution >= 0.6 is 0 Å². The second-order valence-corrected chi connectivity index (χ2v) is 8.59. The second kappa shape index (κ2) is 6.12. The molecule has 3 heteroatoms. The van der Waals surface area contributed by atoms with Crippen molar-refractivity contribution in [1.82, 2.24) is 0 Å². The Hall–Kier alpha value is -1.35. The van der Waals surface area contributed by atoms with Gasteiger partial charge < -0.3 is 9.84 Å². The standard InChI is InChI=1S/C22H30O3/c1-4-25-20-11-14-5-6-16-15(18(14)12-17(20)13(2)23)9-10-22(3)19(16)7-8-21(22)24/h11-12,15-16,19,21,24H,4-10H2,1-3H3/t15?,16?,19?,21-,22-/m0/s1. The van der Waals surface area contributed by atoms with Crippen LogP contribution in [0.15, 0.2) is 12.1 Å². The van der Waals surface area contributed by atoms with Gasteiger partial charge in [0.1, 0.15) is 5.75 Å². The molecule has 2 fully saturated rings. The van der Waals surface area contributed by atoms with Crippen LogP contribution in [0.3, 0.4) is 0 Å². The summed E-state index contributed by atoms with van der Waals surface area (Å²) in [4.78, 5) is 12.2. The number of carbonyl (C=O) groups is 1. The quantitative estimate of drug-likeness (QED) is 0.822. The molecule has 1 N–H and O–H groups in total. The molecule has 136 valence electrons. The van der Waals surface area contributed by atoms with Crippen LogP contribution in [-0.2, 0) is 6.42 Å². The highest BCUT2D eigenvalue weighted by molar-refractivity contribution is 5.97. The van der Waals surface area contributed by atoms with Crippen LogP contribution in [0.1, 0.15) is 80.3 Å². The number of carbonyl (C=O) groups excluding carboxylic acids is 1. The fraction of sp³-hybridized carbons (Fsp3) is 0.682. The van der Waals surface area contributed by atoms with Crippen molar-refractivity contribution in [1.29, 1.82) is 0 Å². The Labute approximate surface area is 150 Å². The highest BCUT2D eigenvalue weighted by Gasteiger charge is 2.54. The Bertz CT molecular complexity index is 695. The van der Waals surface area contributed by atoms with Gasteiger partial charge in [-0.3, -0.25) is 4.79 Å². The van der Waals surface area contributed by atoms with Crippen molar-refractivity contribution in [3.8, 4) is 5.75 Å².